The van der Waals surface area contributed by atoms with Crippen molar-refractivity contribution in [1.82, 2.24) is 0 Å². The third-order valence-electron chi connectivity index (χ3n) is 1.53. The van der Waals surface area contributed by atoms with Crippen molar-refractivity contribution in [1.29, 1.82) is 0 Å². The lowest BCUT2D eigenvalue weighted by molar-refractivity contribution is -0.137. The molecule has 0 atom stereocenters. The van der Waals surface area contributed by atoms with Gasteiger partial charge in [0.05, 0.1) is 5.56 Å². The fraction of sp³-hybridized carbons (Fsp3) is 0.111. The molecule has 0 N–H and O–H groups in total. The minimum Gasteiger partial charge on any atom is -0.198 e. The van der Waals surface area contributed by atoms with Crippen molar-refractivity contribution in [2.75, 3.05) is 0 Å². The molecule has 0 unspecified atom stereocenters. The molecule has 0 spiro atoms. The van der Waals surface area contributed by atoms with Gasteiger partial charge in [-0.2, -0.15) is 21.6 Å². The van der Waals surface area contributed by atoms with Crippen LogP contribution < -0.4 is 0 Å². The Balaban J connectivity index is 3.00. The monoisotopic (exact) mass is 268 g/mol. The maximum absolute atomic E-state index is 12.1. The van der Waals surface area contributed by atoms with E-state index in [-0.39, 0.29) is 5.56 Å². The summed E-state index contributed by atoms with van der Waals surface area (Å²) in [6.07, 6.45) is -4.43. The summed E-state index contributed by atoms with van der Waals surface area (Å²) in [5, 5.41) is 1.70. The third kappa shape index (κ3) is 4.13. The first kappa shape index (κ1) is 12.9. The quantitative estimate of drug-likeness (QED) is 0.535. The number of hydrogen-bond donors (Lipinski definition) is 0. The molecule has 1 aromatic carbocycles. The Labute approximate surface area is 94.5 Å². The Morgan fingerprint density at radius 1 is 1.12 bits per heavy atom. The maximum atomic E-state index is 12.1. The molecular weight excluding hydrogens is 265 g/mol. The molecule has 0 aliphatic rings. The highest BCUT2D eigenvalue weighted by Gasteiger charge is 2.29. The first-order chi connectivity index (χ1) is 7.18. The molecule has 0 bridgehead atoms. The summed E-state index contributed by atoms with van der Waals surface area (Å²) in [4.78, 5) is 0. The molecule has 1 aromatic rings. The number of rotatable bonds is 0. The lowest BCUT2D eigenvalue weighted by atomic mass is 10.1. The molecular formula is C9H4ClF3O2S. The summed E-state index contributed by atoms with van der Waals surface area (Å²) in [6.45, 7) is 0. The minimum absolute atomic E-state index is 0.136. The lowest BCUT2D eigenvalue weighted by Crippen LogP contribution is -2.04. The van der Waals surface area contributed by atoms with Gasteiger partial charge in [0, 0.05) is 21.5 Å². The van der Waals surface area contributed by atoms with Gasteiger partial charge in [-0.05, 0) is 30.2 Å². The second-order valence-corrected chi connectivity index (χ2v) is 5.04. The highest BCUT2D eigenvalue weighted by molar-refractivity contribution is 8.17. The standard InChI is InChI=1S/C9H4ClF3O2S/c10-16(14,15)6-5-7-1-3-8(4-2-7)9(11,12)13/h1-4H. The fourth-order valence-electron chi connectivity index (χ4n) is 0.862. The second kappa shape index (κ2) is 4.36. The van der Waals surface area contributed by atoms with Crippen LogP contribution in [0.25, 0.3) is 0 Å². The summed E-state index contributed by atoms with van der Waals surface area (Å²) in [7, 11) is 0.834. The van der Waals surface area contributed by atoms with Crippen LogP contribution in [0.5, 0.6) is 0 Å². The van der Waals surface area contributed by atoms with E-state index < -0.39 is 20.8 Å². The van der Waals surface area contributed by atoms with Gasteiger partial charge in [0.15, 0.2) is 0 Å². The molecule has 0 amide bonds. The van der Waals surface area contributed by atoms with E-state index in [0.29, 0.717) is 0 Å². The van der Waals surface area contributed by atoms with Gasteiger partial charge in [-0.1, -0.05) is 0 Å². The number of halogens is 4. The van der Waals surface area contributed by atoms with Crippen molar-refractivity contribution in [3.8, 4) is 11.2 Å². The summed E-state index contributed by atoms with van der Waals surface area (Å²) in [6, 6.07) is 3.76. The Morgan fingerprint density at radius 3 is 2.00 bits per heavy atom. The van der Waals surface area contributed by atoms with E-state index in [1.165, 1.54) is 0 Å². The van der Waals surface area contributed by atoms with Crippen LogP contribution in [0.3, 0.4) is 0 Å². The van der Waals surface area contributed by atoms with E-state index in [1.807, 2.05) is 0 Å². The molecule has 0 saturated heterocycles. The van der Waals surface area contributed by atoms with Crippen molar-refractivity contribution in [2.24, 2.45) is 0 Å². The SMILES string of the molecule is O=S(=O)(Cl)C#Cc1ccc(C(F)(F)F)cc1. The Morgan fingerprint density at radius 2 is 1.62 bits per heavy atom. The van der Waals surface area contributed by atoms with E-state index in [9.17, 15) is 21.6 Å². The van der Waals surface area contributed by atoms with Crippen LogP contribution in [0, 0.1) is 11.2 Å². The predicted octanol–water partition coefficient (Wildman–Crippen LogP) is 2.58. The largest absolute Gasteiger partial charge is 0.416 e. The molecule has 0 saturated carbocycles. The van der Waals surface area contributed by atoms with Gasteiger partial charge >= 0.3 is 15.2 Å². The van der Waals surface area contributed by atoms with Crippen LogP contribution >= 0.6 is 10.7 Å². The predicted molar refractivity (Wildman–Crippen MR) is 53.1 cm³/mol. The van der Waals surface area contributed by atoms with Crippen molar-refractivity contribution in [3.63, 3.8) is 0 Å². The van der Waals surface area contributed by atoms with Crippen molar-refractivity contribution in [2.45, 2.75) is 6.18 Å². The highest BCUT2D eigenvalue weighted by Crippen LogP contribution is 2.28. The van der Waals surface area contributed by atoms with Gasteiger partial charge < -0.3 is 0 Å². The first-order valence-electron chi connectivity index (χ1n) is 3.83. The summed E-state index contributed by atoms with van der Waals surface area (Å²) < 4.78 is 57.3. The van der Waals surface area contributed by atoms with Crippen LogP contribution in [0.4, 0.5) is 13.2 Å². The smallest absolute Gasteiger partial charge is 0.198 e. The molecule has 0 aliphatic carbocycles. The molecule has 0 heterocycles. The van der Waals surface area contributed by atoms with E-state index in [2.05, 4.69) is 5.92 Å². The molecule has 16 heavy (non-hydrogen) atoms. The van der Waals surface area contributed by atoms with Crippen LogP contribution in [0.2, 0.25) is 0 Å². The average molecular weight is 269 g/mol. The lowest BCUT2D eigenvalue weighted by Gasteiger charge is -2.05. The van der Waals surface area contributed by atoms with E-state index in [4.69, 9.17) is 10.7 Å². The zero-order chi connectivity index (χ0) is 12.4. The average Bonchev–Trinajstić information content (AvgIpc) is 2.13. The molecule has 1 rings (SSSR count). The van der Waals surface area contributed by atoms with E-state index >= 15 is 0 Å². The summed E-state index contributed by atoms with van der Waals surface area (Å²) >= 11 is 0. The van der Waals surface area contributed by atoms with Crippen molar-refractivity contribution >= 4 is 19.7 Å². The van der Waals surface area contributed by atoms with Gasteiger partial charge in [0.25, 0.3) is 0 Å². The molecule has 0 aromatic heterocycles. The van der Waals surface area contributed by atoms with Crippen LogP contribution in [0.1, 0.15) is 11.1 Å². The van der Waals surface area contributed by atoms with Crippen LogP contribution in [-0.4, -0.2) is 8.42 Å². The Kier molecular flexibility index (Phi) is 3.51. The zero-order valence-corrected chi connectivity index (χ0v) is 9.12. The number of hydrogen-bond acceptors (Lipinski definition) is 2. The topological polar surface area (TPSA) is 34.1 Å². The van der Waals surface area contributed by atoms with Crippen LogP contribution in [-0.2, 0) is 15.2 Å². The van der Waals surface area contributed by atoms with Gasteiger partial charge in [-0.25, -0.2) is 0 Å². The Bertz CT molecular complexity index is 535. The van der Waals surface area contributed by atoms with Crippen molar-refractivity contribution < 1.29 is 21.6 Å². The highest BCUT2D eigenvalue weighted by atomic mass is 35.7. The number of benzene rings is 1. The molecule has 0 fully saturated rings. The van der Waals surface area contributed by atoms with Crippen LogP contribution in [0.15, 0.2) is 24.3 Å². The molecule has 0 aliphatic heterocycles. The number of alkyl halides is 3. The van der Waals surface area contributed by atoms with Gasteiger partial charge in [0.1, 0.15) is 0 Å². The second-order valence-electron chi connectivity index (χ2n) is 2.74. The fourth-order valence-corrected chi connectivity index (χ4v) is 1.22. The molecule has 7 heteroatoms. The first-order valence-corrected chi connectivity index (χ1v) is 6.14. The summed E-state index contributed by atoms with van der Waals surface area (Å²) in [5.41, 5.74) is -0.691. The normalized spacial score (nSPS) is 11.8. The van der Waals surface area contributed by atoms with Gasteiger partial charge in [-0.3, -0.25) is 0 Å². The van der Waals surface area contributed by atoms with Gasteiger partial charge in [-0.15, -0.1) is 0 Å². The summed E-state index contributed by atoms with van der Waals surface area (Å²) in [5.74, 6) is 2.13. The molecule has 2 nitrogen and oxygen atoms in total. The minimum atomic E-state index is -4.43. The van der Waals surface area contributed by atoms with E-state index in [0.717, 1.165) is 24.3 Å². The van der Waals surface area contributed by atoms with Gasteiger partial charge in [0.2, 0.25) is 0 Å². The third-order valence-corrected chi connectivity index (χ3v) is 2.11. The molecule has 0 radical (unpaired) electrons. The maximum Gasteiger partial charge on any atom is 0.416 e. The molecule has 86 valence electrons. The zero-order valence-electron chi connectivity index (χ0n) is 7.55. The van der Waals surface area contributed by atoms with Crippen molar-refractivity contribution in [3.05, 3.63) is 35.4 Å². The Hall–Kier alpha value is -1.19. The van der Waals surface area contributed by atoms with E-state index in [1.54, 1.807) is 5.25 Å².